The lowest BCUT2D eigenvalue weighted by atomic mass is 9.60. The number of nitrogens with zero attached hydrogens (tertiary/aromatic N) is 2. The Kier molecular flexibility index (Phi) is 6.54. The molecule has 1 aliphatic heterocycles. The van der Waals surface area contributed by atoms with Crippen molar-refractivity contribution in [3.8, 4) is 27.9 Å². The Bertz CT molecular complexity index is 2940. The normalized spacial score (nSPS) is 20.0. The van der Waals surface area contributed by atoms with Gasteiger partial charge in [0.1, 0.15) is 0 Å². The summed E-state index contributed by atoms with van der Waals surface area (Å²) in [7, 11) is 0. The Balaban J connectivity index is 1.01. The predicted octanol–water partition coefficient (Wildman–Crippen LogP) is 13.4. The summed E-state index contributed by atoms with van der Waals surface area (Å²) < 4.78 is 2.39. The molecule has 260 valence electrons. The van der Waals surface area contributed by atoms with Crippen LogP contribution >= 0.6 is 0 Å². The second-order valence-electron chi connectivity index (χ2n) is 15.7. The Hall–Kier alpha value is -6.64. The number of anilines is 2. The molecule has 4 atom stereocenters. The third-order valence-corrected chi connectivity index (χ3v) is 12.8. The molecule has 0 radical (unpaired) electrons. The van der Waals surface area contributed by atoms with Gasteiger partial charge in [0.2, 0.25) is 0 Å². The van der Waals surface area contributed by atoms with Gasteiger partial charge in [-0.2, -0.15) is 0 Å². The highest BCUT2D eigenvalue weighted by Gasteiger charge is 2.50. The Labute approximate surface area is 321 Å². The number of aryl methyl sites for hydroxylation is 1. The van der Waals surface area contributed by atoms with Crippen molar-refractivity contribution in [1.82, 2.24) is 4.57 Å². The molecule has 8 aromatic rings. The molecular weight excluding hydrogens is 665 g/mol. The number of para-hydroxylation sites is 3. The lowest BCUT2D eigenvalue weighted by Gasteiger charge is -2.44. The van der Waals surface area contributed by atoms with E-state index >= 15 is 0 Å². The van der Waals surface area contributed by atoms with Gasteiger partial charge < -0.3 is 9.47 Å². The van der Waals surface area contributed by atoms with E-state index in [1.54, 1.807) is 0 Å². The minimum atomic E-state index is 0.216. The number of rotatable bonds is 4. The zero-order chi connectivity index (χ0) is 36.2. The lowest BCUT2D eigenvalue weighted by molar-refractivity contribution is 0.414. The predicted molar refractivity (Wildman–Crippen MR) is 230 cm³/mol. The van der Waals surface area contributed by atoms with E-state index in [0.717, 1.165) is 0 Å². The van der Waals surface area contributed by atoms with Crippen molar-refractivity contribution in [2.24, 2.45) is 5.92 Å². The number of hydrogen-bond acceptors (Lipinski definition) is 1. The van der Waals surface area contributed by atoms with Crippen LogP contribution in [0.25, 0.3) is 61.9 Å². The molecule has 0 spiro atoms. The topological polar surface area (TPSA) is 8.17 Å². The average Bonchev–Trinajstić information content (AvgIpc) is 3.75. The van der Waals surface area contributed by atoms with Gasteiger partial charge in [-0.25, -0.2) is 0 Å². The van der Waals surface area contributed by atoms with Gasteiger partial charge in [-0.1, -0.05) is 145 Å². The van der Waals surface area contributed by atoms with Crippen LogP contribution in [0.3, 0.4) is 0 Å². The molecule has 0 saturated heterocycles. The summed E-state index contributed by atoms with van der Waals surface area (Å²) in [4.78, 5) is 2.63. The minimum absolute atomic E-state index is 0.216. The van der Waals surface area contributed by atoms with Crippen molar-refractivity contribution >= 4 is 45.3 Å². The third kappa shape index (κ3) is 4.49. The lowest BCUT2D eigenvalue weighted by Crippen LogP contribution is -2.39. The molecule has 2 nitrogen and oxygen atoms in total. The van der Waals surface area contributed by atoms with E-state index in [4.69, 9.17) is 0 Å². The first-order valence-corrected chi connectivity index (χ1v) is 19.6. The van der Waals surface area contributed by atoms with Gasteiger partial charge in [0.05, 0.1) is 17.1 Å². The fraction of sp³-hybridized carbons (Fsp3) is 0.0943. The molecule has 2 heteroatoms. The summed E-state index contributed by atoms with van der Waals surface area (Å²) >= 11 is 0. The van der Waals surface area contributed by atoms with Crippen molar-refractivity contribution in [3.63, 3.8) is 0 Å². The maximum absolute atomic E-state index is 2.63. The van der Waals surface area contributed by atoms with Crippen LogP contribution in [0.1, 0.15) is 39.7 Å². The van der Waals surface area contributed by atoms with Crippen LogP contribution in [-0.2, 0) is 0 Å². The summed E-state index contributed by atoms with van der Waals surface area (Å²) in [5.74, 6) is 1.02. The summed E-state index contributed by atoms with van der Waals surface area (Å²) in [6.45, 7) is 2.16. The molecule has 2 heterocycles. The molecule has 55 heavy (non-hydrogen) atoms. The van der Waals surface area contributed by atoms with Crippen LogP contribution < -0.4 is 4.90 Å². The van der Waals surface area contributed by atoms with Crippen LogP contribution in [0.5, 0.6) is 0 Å². The van der Waals surface area contributed by atoms with Gasteiger partial charge in [0.15, 0.2) is 0 Å². The van der Waals surface area contributed by atoms with E-state index in [-0.39, 0.29) is 6.04 Å². The molecule has 4 aliphatic rings. The van der Waals surface area contributed by atoms with Crippen LogP contribution in [-0.4, -0.2) is 10.6 Å². The van der Waals surface area contributed by atoms with Crippen molar-refractivity contribution in [2.75, 3.05) is 4.90 Å². The largest absolute Gasteiger partial charge is 0.334 e. The molecule has 12 rings (SSSR count). The van der Waals surface area contributed by atoms with Crippen molar-refractivity contribution in [3.05, 3.63) is 209 Å². The standard InChI is InChI=1S/C53H38N2/c1-33-16-18-34(19-17-33)41-25-22-35-20-21-38-32-50-53(45-28-27-43(41)51(35)52(38)45)44-26-23-37(31-49(44)55(50)40-12-6-3-7-13-40)36-24-29-48-46(30-36)42-14-8-9-15-47(42)54(48)39-10-4-2-5-11-39/h2-32,45,50,52-53H,1H3. The third-order valence-electron chi connectivity index (χ3n) is 12.8. The number of hydrogen-bond donors (Lipinski definition) is 0. The maximum Gasteiger partial charge on any atom is 0.0603 e. The monoisotopic (exact) mass is 702 g/mol. The summed E-state index contributed by atoms with van der Waals surface area (Å²) in [5, 5.41) is 2.55. The van der Waals surface area contributed by atoms with Gasteiger partial charge in [-0.3, -0.25) is 0 Å². The van der Waals surface area contributed by atoms with Crippen molar-refractivity contribution in [1.29, 1.82) is 0 Å². The quantitative estimate of drug-likeness (QED) is 0.177. The molecule has 0 N–H and O–H groups in total. The maximum atomic E-state index is 2.63. The van der Waals surface area contributed by atoms with Crippen molar-refractivity contribution in [2.45, 2.75) is 24.8 Å². The number of aromatic nitrogens is 1. The van der Waals surface area contributed by atoms with E-state index in [0.29, 0.717) is 17.8 Å². The van der Waals surface area contributed by atoms with Crippen LogP contribution in [0, 0.1) is 12.8 Å². The van der Waals surface area contributed by atoms with Gasteiger partial charge in [-0.05, 0) is 111 Å². The van der Waals surface area contributed by atoms with E-state index in [1.165, 1.54) is 94.5 Å². The molecule has 0 fully saturated rings. The highest BCUT2D eigenvalue weighted by molar-refractivity contribution is 6.10. The molecular formula is C53H38N2. The Morgan fingerprint density at radius 1 is 0.545 bits per heavy atom. The van der Waals surface area contributed by atoms with Crippen LogP contribution in [0.15, 0.2) is 182 Å². The zero-order valence-electron chi connectivity index (χ0n) is 30.6. The zero-order valence-corrected chi connectivity index (χ0v) is 30.6. The first-order valence-electron chi connectivity index (χ1n) is 19.6. The Morgan fingerprint density at radius 2 is 1.25 bits per heavy atom. The number of allylic oxidation sites excluding steroid dienone is 3. The first kappa shape index (κ1) is 30.8. The summed E-state index contributed by atoms with van der Waals surface area (Å²) in [6, 6.07) is 58.8. The Morgan fingerprint density at radius 3 is 2.09 bits per heavy atom. The van der Waals surface area contributed by atoms with E-state index in [2.05, 4.69) is 204 Å². The SMILES string of the molecule is Cc1ccc(-c2ccc3c4c2C=CC2C4C(=CC4C2c2ccc(-c5ccc6c(c5)c5ccccc5n6-c5ccccc5)cc2N4c2ccccc2)C=C3)cc1. The number of fused-ring (bicyclic) bond motifs is 7. The molecule has 0 bridgehead atoms. The smallest absolute Gasteiger partial charge is 0.0603 e. The number of benzene rings is 7. The molecule has 0 saturated carbocycles. The van der Waals surface area contributed by atoms with E-state index in [9.17, 15) is 0 Å². The summed E-state index contributed by atoms with van der Waals surface area (Å²) in [5.41, 5.74) is 19.7. The fourth-order valence-corrected chi connectivity index (χ4v) is 10.4. The summed E-state index contributed by atoms with van der Waals surface area (Å²) in [6.07, 6.45) is 12.4. The second-order valence-corrected chi connectivity index (χ2v) is 15.7. The molecule has 1 aromatic heterocycles. The molecule has 7 aromatic carbocycles. The molecule has 4 unspecified atom stereocenters. The highest BCUT2D eigenvalue weighted by atomic mass is 15.2. The minimum Gasteiger partial charge on any atom is -0.334 e. The van der Waals surface area contributed by atoms with Gasteiger partial charge in [0, 0.05) is 39.7 Å². The van der Waals surface area contributed by atoms with E-state index in [1.807, 2.05) is 0 Å². The van der Waals surface area contributed by atoms with Crippen molar-refractivity contribution < 1.29 is 0 Å². The molecule has 0 amide bonds. The van der Waals surface area contributed by atoms with Crippen LogP contribution in [0.4, 0.5) is 11.4 Å². The second kappa shape index (κ2) is 11.7. The van der Waals surface area contributed by atoms with Gasteiger partial charge in [-0.15, -0.1) is 0 Å². The van der Waals surface area contributed by atoms with E-state index < -0.39 is 0 Å². The van der Waals surface area contributed by atoms with Gasteiger partial charge >= 0.3 is 0 Å². The van der Waals surface area contributed by atoms with Crippen LogP contribution in [0.2, 0.25) is 0 Å². The fourth-order valence-electron chi connectivity index (χ4n) is 10.4. The first-order chi connectivity index (χ1) is 27.2. The average molecular weight is 703 g/mol. The van der Waals surface area contributed by atoms with Gasteiger partial charge in [0.25, 0.3) is 0 Å². The molecule has 3 aliphatic carbocycles. The highest BCUT2D eigenvalue weighted by Crippen LogP contribution is 2.60.